The van der Waals surface area contributed by atoms with E-state index in [2.05, 4.69) is 26.0 Å². The SMILES string of the molecule is COc1ccc(NC(=O)NC(=O)Cn2nnc(-c3ccccc3)n2)c(OC)c1. The van der Waals surface area contributed by atoms with Crippen molar-refractivity contribution in [2.45, 2.75) is 6.54 Å². The molecule has 144 valence electrons. The minimum atomic E-state index is -0.711. The van der Waals surface area contributed by atoms with Crippen LogP contribution in [0.2, 0.25) is 0 Å². The summed E-state index contributed by atoms with van der Waals surface area (Å²) in [7, 11) is 2.98. The molecular weight excluding hydrogens is 364 g/mol. The fraction of sp³-hybridized carbons (Fsp3) is 0.167. The van der Waals surface area contributed by atoms with Gasteiger partial charge in [-0.1, -0.05) is 30.3 Å². The highest BCUT2D eigenvalue weighted by Crippen LogP contribution is 2.28. The summed E-state index contributed by atoms with van der Waals surface area (Å²) in [6.07, 6.45) is 0. The maximum atomic E-state index is 12.1. The number of tetrazole rings is 1. The number of benzene rings is 2. The van der Waals surface area contributed by atoms with Gasteiger partial charge in [-0.2, -0.15) is 4.80 Å². The predicted molar refractivity (Wildman–Crippen MR) is 100.0 cm³/mol. The number of ether oxygens (including phenoxy) is 2. The van der Waals surface area contributed by atoms with Crippen molar-refractivity contribution in [2.75, 3.05) is 19.5 Å². The van der Waals surface area contributed by atoms with Crippen molar-refractivity contribution < 1.29 is 19.1 Å². The molecule has 0 aliphatic heterocycles. The second kappa shape index (κ2) is 8.62. The molecule has 1 aromatic heterocycles. The normalized spacial score (nSPS) is 10.2. The first-order chi connectivity index (χ1) is 13.6. The van der Waals surface area contributed by atoms with E-state index in [4.69, 9.17) is 9.47 Å². The van der Waals surface area contributed by atoms with E-state index in [-0.39, 0.29) is 6.54 Å². The van der Waals surface area contributed by atoms with Crippen molar-refractivity contribution in [3.8, 4) is 22.9 Å². The fourth-order valence-electron chi connectivity index (χ4n) is 2.36. The number of nitrogens with zero attached hydrogens (tertiary/aromatic N) is 4. The number of amides is 3. The summed E-state index contributed by atoms with van der Waals surface area (Å²) in [6.45, 7) is -0.257. The minimum Gasteiger partial charge on any atom is -0.497 e. The molecule has 2 aromatic carbocycles. The zero-order valence-corrected chi connectivity index (χ0v) is 15.2. The van der Waals surface area contributed by atoms with Crippen LogP contribution in [0.3, 0.4) is 0 Å². The van der Waals surface area contributed by atoms with Gasteiger partial charge in [0.1, 0.15) is 18.0 Å². The van der Waals surface area contributed by atoms with Gasteiger partial charge in [0.2, 0.25) is 5.82 Å². The van der Waals surface area contributed by atoms with Crippen LogP contribution < -0.4 is 20.1 Å². The van der Waals surface area contributed by atoms with Gasteiger partial charge in [-0.15, -0.1) is 10.2 Å². The van der Waals surface area contributed by atoms with E-state index in [1.54, 1.807) is 18.2 Å². The van der Waals surface area contributed by atoms with Crippen molar-refractivity contribution in [1.29, 1.82) is 0 Å². The van der Waals surface area contributed by atoms with Crippen LogP contribution in [0.25, 0.3) is 11.4 Å². The Labute approximate surface area is 160 Å². The monoisotopic (exact) mass is 382 g/mol. The third-order valence-corrected chi connectivity index (χ3v) is 3.68. The molecule has 0 saturated carbocycles. The van der Waals surface area contributed by atoms with Crippen LogP contribution in [0.15, 0.2) is 48.5 Å². The van der Waals surface area contributed by atoms with Crippen molar-refractivity contribution in [1.82, 2.24) is 25.5 Å². The lowest BCUT2D eigenvalue weighted by Gasteiger charge is -2.11. The zero-order valence-electron chi connectivity index (χ0n) is 15.2. The Morgan fingerprint density at radius 2 is 1.86 bits per heavy atom. The summed E-state index contributed by atoms with van der Waals surface area (Å²) in [5, 5.41) is 16.6. The van der Waals surface area contributed by atoms with E-state index in [1.807, 2.05) is 30.3 Å². The minimum absolute atomic E-state index is 0.257. The van der Waals surface area contributed by atoms with E-state index in [9.17, 15) is 9.59 Å². The number of hydrogen-bond donors (Lipinski definition) is 2. The Morgan fingerprint density at radius 1 is 1.07 bits per heavy atom. The molecule has 0 unspecified atom stereocenters. The van der Waals surface area contributed by atoms with Gasteiger partial charge in [-0.3, -0.25) is 10.1 Å². The molecule has 0 bridgehead atoms. The van der Waals surface area contributed by atoms with Crippen molar-refractivity contribution in [2.24, 2.45) is 0 Å². The molecule has 0 fully saturated rings. The number of hydrogen-bond acceptors (Lipinski definition) is 7. The molecule has 0 aliphatic rings. The van der Waals surface area contributed by atoms with Crippen LogP contribution in [-0.4, -0.2) is 46.4 Å². The molecule has 0 saturated heterocycles. The topological polar surface area (TPSA) is 120 Å². The molecule has 10 nitrogen and oxygen atoms in total. The van der Waals surface area contributed by atoms with Gasteiger partial charge in [-0.25, -0.2) is 4.79 Å². The first-order valence-electron chi connectivity index (χ1n) is 8.25. The lowest BCUT2D eigenvalue weighted by Crippen LogP contribution is -2.37. The number of nitrogens with one attached hydrogen (secondary N) is 2. The van der Waals surface area contributed by atoms with Crippen LogP contribution >= 0.6 is 0 Å². The van der Waals surface area contributed by atoms with E-state index in [1.165, 1.54) is 14.2 Å². The Bertz CT molecular complexity index is 973. The van der Waals surface area contributed by atoms with E-state index >= 15 is 0 Å². The van der Waals surface area contributed by atoms with Gasteiger partial charge in [0.25, 0.3) is 5.91 Å². The standard InChI is InChI=1S/C18H18N6O4/c1-27-13-8-9-14(15(10-13)28-2)19-18(26)20-16(25)11-24-22-17(21-23-24)12-6-4-3-5-7-12/h3-10H,11H2,1-2H3,(H2,19,20,25,26). The van der Waals surface area contributed by atoms with Crippen molar-refractivity contribution >= 4 is 17.6 Å². The Balaban J connectivity index is 1.58. The number of anilines is 1. The zero-order chi connectivity index (χ0) is 19.9. The molecule has 0 atom stereocenters. The Morgan fingerprint density at radius 3 is 2.57 bits per heavy atom. The number of rotatable bonds is 6. The summed E-state index contributed by atoms with van der Waals surface area (Å²) < 4.78 is 10.3. The largest absolute Gasteiger partial charge is 0.497 e. The van der Waals surface area contributed by atoms with Gasteiger partial charge < -0.3 is 14.8 Å². The lowest BCUT2D eigenvalue weighted by atomic mass is 10.2. The van der Waals surface area contributed by atoms with E-state index < -0.39 is 11.9 Å². The molecule has 3 amide bonds. The van der Waals surface area contributed by atoms with Crippen molar-refractivity contribution in [3.05, 3.63) is 48.5 Å². The highest BCUT2D eigenvalue weighted by atomic mass is 16.5. The smallest absolute Gasteiger partial charge is 0.326 e. The predicted octanol–water partition coefficient (Wildman–Crippen LogP) is 1.71. The summed E-state index contributed by atoms with van der Waals surface area (Å²) in [6, 6.07) is 13.4. The lowest BCUT2D eigenvalue weighted by molar-refractivity contribution is -0.120. The van der Waals surface area contributed by atoms with Crippen LogP contribution in [0.4, 0.5) is 10.5 Å². The highest BCUT2D eigenvalue weighted by molar-refractivity contribution is 6.01. The second-order valence-electron chi connectivity index (χ2n) is 5.58. The molecule has 2 N–H and O–H groups in total. The van der Waals surface area contributed by atoms with Crippen molar-refractivity contribution in [3.63, 3.8) is 0 Å². The number of carbonyl (C=O) groups is 2. The molecule has 28 heavy (non-hydrogen) atoms. The highest BCUT2D eigenvalue weighted by Gasteiger charge is 2.14. The number of urea groups is 1. The third-order valence-electron chi connectivity index (χ3n) is 3.68. The van der Waals surface area contributed by atoms with Gasteiger partial charge in [0.15, 0.2) is 0 Å². The van der Waals surface area contributed by atoms with E-state index in [0.29, 0.717) is 23.0 Å². The van der Waals surface area contributed by atoms with Gasteiger partial charge >= 0.3 is 6.03 Å². The third kappa shape index (κ3) is 4.61. The molecule has 1 heterocycles. The van der Waals surface area contributed by atoms with Crippen LogP contribution in [0.1, 0.15) is 0 Å². The molecule has 0 spiro atoms. The summed E-state index contributed by atoms with van der Waals surface area (Å²) in [4.78, 5) is 25.2. The Hall–Kier alpha value is -3.95. The molecular formula is C18H18N6O4. The second-order valence-corrected chi connectivity index (χ2v) is 5.58. The first kappa shape index (κ1) is 18.8. The Kier molecular flexibility index (Phi) is 5.80. The fourth-order valence-corrected chi connectivity index (χ4v) is 2.36. The van der Waals surface area contributed by atoms with Crippen LogP contribution in [0.5, 0.6) is 11.5 Å². The average molecular weight is 382 g/mol. The van der Waals surface area contributed by atoms with Crippen LogP contribution in [0, 0.1) is 0 Å². The number of methoxy groups -OCH3 is 2. The van der Waals surface area contributed by atoms with Gasteiger partial charge in [-0.05, 0) is 17.3 Å². The maximum Gasteiger partial charge on any atom is 0.326 e. The molecule has 3 rings (SSSR count). The van der Waals surface area contributed by atoms with Crippen LogP contribution in [-0.2, 0) is 11.3 Å². The molecule has 10 heteroatoms. The average Bonchev–Trinajstić information content (AvgIpc) is 3.17. The summed E-state index contributed by atoms with van der Waals surface area (Å²) in [5.74, 6) is 0.764. The van der Waals surface area contributed by atoms with Gasteiger partial charge in [0, 0.05) is 11.6 Å². The molecule has 3 aromatic rings. The first-order valence-corrected chi connectivity index (χ1v) is 8.25. The molecule has 0 radical (unpaired) electrons. The quantitative estimate of drug-likeness (QED) is 0.666. The number of carbonyl (C=O) groups excluding carboxylic acids is 2. The molecule has 0 aliphatic carbocycles. The number of aromatic nitrogens is 4. The summed E-state index contributed by atoms with van der Waals surface area (Å²) >= 11 is 0. The van der Waals surface area contributed by atoms with Gasteiger partial charge in [0.05, 0.1) is 19.9 Å². The van der Waals surface area contributed by atoms with E-state index in [0.717, 1.165) is 10.4 Å². The number of imide groups is 1. The maximum absolute atomic E-state index is 12.1. The summed E-state index contributed by atoms with van der Waals surface area (Å²) in [5.41, 5.74) is 1.16.